The van der Waals surface area contributed by atoms with Crippen LogP contribution in [0.1, 0.15) is 36.1 Å². The van der Waals surface area contributed by atoms with Gasteiger partial charge in [-0.2, -0.15) is 5.10 Å². The van der Waals surface area contributed by atoms with E-state index >= 15 is 0 Å². The van der Waals surface area contributed by atoms with Crippen molar-refractivity contribution < 1.29 is 0 Å². The predicted octanol–water partition coefficient (Wildman–Crippen LogP) is 2.84. The Kier molecular flexibility index (Phi) is 4.15. The number of benzene rings is 1. The first kappa shape index (κ1) is 12.8. The molecule has 0 bridgehead atoms. The summed E-state index contributed by atoms with van der Waals surface area (Å²) in [6, 6.07) is 8.61. The third-order valence-electron chi connectivity index (χ3n) is 3.09. The van der Waals surface area contributed by atoms with Gasteiger partial charge in [-0.15, -0.1) is 0 Å². The number of rotatable bonds is 5. The number of hydrogen-bond donors (Lipinski definition) is 1. The second kappa shape index (κ2) is 5.83. The first-order chi connectivity index (χ1) is 8.69. The van der Waals surface area contributed by atoms with E-state index in [4.69, 9.17) is 5.73 Å². The topological polar surface area (TPSA) is 43.8 Å². The molecule has 0 saturated heterocycles. The molecule has 1 heterocycles. The molecule has 1 aromatic heterocycles. The normalized spacial score (nSPS) is 12.6. The monoisotopic (exact) mass is 243 g/mol. The molecule has 0 aliphatic heterocycles. The molecule has 0 aliphatic carbocycles. The van der Waals surface area contributed by atoms with Gasteiger partial charge in [-0.05, 0) is 30.0 Å². The second-order valence-electron chi connectivity index (χ2n) is 4.84. The highest BCUT2D eigenvalue weighted by atomic mass is 15.3. The lowest BCUT2D eigenvalue weighted by Crippen LogP contribution is -2.17. The van der Waals surface area contributed by atoms with Crippen LogP contribution in [0.25, 0.3) is 0 Å². The van der Waals surface area contributed by atoms with E-state index in [1.807, 2.05) is 24.0 Å². The van der Waals surface area contributed by atoms with Gasteiger partial charge in [-0.25, -0.2) is 0 Å². The fourth-order valence-corrected chi connectivity index (χ4v) is 2.09. The molecule has 0 fully saturated rings. The summed E-state index contributed by atoms with van der Waals surface area (Å²) in [6.07, 6.45) is 6.19. The Hall–Kier alpha value is -1.61. The smallest absolute Gasteiger partial charge is 0.0602 e. The number of aryl methyl sites for hydroxylation is 2. The highest BCUT2D eigenvalue weighted by Crippen LogP contribution is 2.14. The van der Waals surface area contributed by atoms with Gasteiger partial charge >= 0.3 is 0 Å². The number of nitrogens with two attached hydrogens (primary N) is 1. The maximum absolute atomic E-state index is 6.20. The Balaban J connectivity index is 2.02. The summed E-state index contributed by atoms with van der Waals surface area (Å²) in [4.78, 5) is 0. The molecule has 0 saturated carbocycles. The molecule has 18 heavy (non-hydrogen) atoms. The largest absolute Gasteiger partial charge is 0.322 e. The molecule has 1 aromatic carbocycles. The zero-order chi connectivity index (χ0) is 13.0. The van der Waals surface area contributed by atoms with E-state index in [-0.39, 0.29) is 6.04 Å². The lowest BCUT2D eigenvalue weighted by molar-refractivity contribution is 0.527. The Labute approximate surface area is 109 Å². The SMILES string of the molecule is CCCc1ccc(C(N)Cn2cc(C)cn2)cc1. The lowest BCUT2D eigenvalue weighted by Gasteiger charge is -2.12. The third kappa shape index (κ3) is 3.20. The maximum Gasteiger partial charge on any atom is 0.0602 e. The van der Waals surface area contributed by atoms with Gasteiger partial charge in [0.1, 0.15) is 0 Å². The van der Waals surface area contributed by atoms with Crippen LogP contribution in [0.3, 0.4) is 0 Å². The van der Waals surface area contributed by atoms with Crippen LogP contribution in [0.5, 0.6) is 0 Å². The van der Waals surface area contributed by atoms with E-state index in [0.717, 1.165) is 13.0 Å². The highest BCUT2D eigenvalue weighted by Gasteiger charge is 2.07. The third-order valence-corrected chi connectivity index (χ3v) is 3.09. The van der Waals surface area contributed by atoms with Crippen LogP contribution in [0.15, 0.2) is 36.7 Å². The Morgan fingerprint density at radius 1 is 1.28 bits per heavy atom. The molecule has 2 rings (SSSR count). The Morgan fingerprint density at radius 2 is 2.00 bits per heavy atom. The highest BCUT2D eigenvalue weighted by molar-refractivity contribution is 5.24. The van der Waals surface area contributed by atoms with Crippen molar-refractivity contribution in [3.05, 3.63) is 53.3 Å². The quantitative estimate of drug-likeness (QED) is 0.877. The molecule has 1 atom stereocenters. The van der Waals surface area contributed by atoms with Gasteiger partial charge in [0.2, 0.25) is 0 Å². The molecule has 3 heteroatoms. The van der Waals surface area contributed by atoms with Crippen molar-refractivity contribution in [3.8, 4) is 0 Å². The van der Waals surface area contributed by atoms with E-state index in [1.165, 1.54) is 23.1 Å². The molecule has 0 spiro atoms. The Morgan fingerprint density at radius 3 is 2.56 bits per heavy atom. The van der Waals surface area contributed by atoms with Crippen LogP contribution >= 0.6 is 0 Å². The molecule has 0 radical (unpaired) electrons. The summed E-state index contributed by atoms with van der Waals surface area (Å²) < 4.78 is 1.90. The molecule has 3 nitrogen and oxygen atoms in total. The first-order valence-corrected chi connectivity index (χ1v) is 6.52. The summed E-state index contributed by atoms with van der Waals surface area (Å²) in [5.74, 6) is 0. The molecule has 96 valence electrons. The molecule has 0 aliphatic rings. The van der Waals surface area contributed by atoms with Crippen molar-refractivity contribution in [2.75, 3.05) is 0 Å². The molecule has 2 N–H and O–H groups in total. The van der Waals surface area contributed by atoms with Crippen LogP contribution in [0.4, 0.5) is 0 Å². The van der Waals surface area contributed by atoms with Crippen molar-refractivity contribution in [2.45, 2.75) is 39.3 Å². The maximum atomic E-state index is 6.20. The molecular weight excluding hydrogens is 222 g/mol. The van der Waals surface area contributed by atoms with E-state index in [1.54, 1.807) is 0 Å². The summed E-state index contributed by atoms with van der Waals surface area (Å²) in [5.41, 5.74) is 9.91. The van der Waals surface area contributed by atoms with Gasteiger partial charge in [0, 0.05) is 12.2 Å². The van der Waals surface area contributed by atoms with Crippen LogP contribution in [-0.2, 0) is 13.0 Å². The van der Waals surface area contributed by atoms with E-state index in [0.29, 0.717) is 0 Å². The minimum Gasteiger partial charge on any atom is -0.322 e. The average Bonchev–Trinajstić information content (AvgIpc) is 2.76. The van der Waals surface area contributed by atoms with Gasteiger partial charge in [0.25, 0.3) is 0 Å². The van der Waals surface area contributed by atoms with Crippen LogP contribution in [0.2, 0.25) is 0 Å². The van der Waals surface area contributed by atoms with Gasteiger partial charge in [-0.1, -0.05) is 37.6 Å². The summed E-state index contributed by atoms with van der Waals surface area (Å²) in [7, 11) is 0. The fourth-order valence-electron chi connectivity index (χ4n) is 2.09. The van der Waals surface area contributed by atoms with Crippen LogP contribution in [-0.4, -0.2) is 9.78 Å². The van der Waals surface area contributed by atoms with Crippen molar-refractivity contribution in [1.82, 2.24) is 9.78 Å². The van der Waals surface area contributed by atoms with E-state index < -0.39 is 0 Å². The van der Waals surface area contributed by atoms with Crippen LogP contribution in [0, 0.1) is 6.92 Å². The lowest BCUT2D eigenvalue weighted by atomic mass is 10.0. The minimum absolute atomic E-state index is 0.0000217. The number of aromatic nitrogens is 2. The van der Waals surface area contributed by atoms with E-state index in [2.05, 4.69) is 36.3 Å². The zero-order valence-corrected chi connectivity index (χ0v) is 11.1. The van der Waals surface area contributed by atoms with Crippen molar-refractivity contribution in [2.24, 2.45) is 5.73 Å². The number of nitrogens with zero attached hydrogens (tertiary/aromatic N) is 2. The molecule has 2 aromatic rings. The van der Waals surface area contributed by atoms with Crippen molar-refractivity contribution in [1.29, 1.82) is 0 Å². The molecule has 1 unspecified atom stereocenters. The van der Waals surface area contributed by atoms with Gasteiger partial charge in [-0.3, -0.25) is 4.68 Å². The Bertz CT molecular complexity index is 485. The molecular formula is C15H21N3. The standard InChI is InChI=1S/C15H21N3/c1-3-4-13-5-7-14(8-6-13)15(16)11-18-10-12(2)9-17-18/h5-10,15H,3-4,11,16H2,1-2H3. The number of hydrogen-bond acceptors (Lipinski definition) is 2. The zero-order valence-electron chi connectivity index (χ0n) is 11.1. The second-order valence-corrected chi connectivity index (χ2v) is 4.84. The first-order valence-electron chi connectivity index (χ1n) is 6.52. The van der Waals surface area contributed by atoms with Gasteiger partial charge in [0.05, 0.1) is 12.7 Å². The molecule has 0 amide bonds. The van der Waals surface area contributed by atoms with Gasteiger partial charge in [0.15, 0.2) is 0 Å². The average molecular weight is 243 g/mol. The predicted molar refractivity (Wildman–Crippen MR) is 74.3 cm³/mol. The van der Waals surface area contributed by atoms with Crippen molar-refractivity contribution in [3.63, 3.8) is 0 Å². The fraction of sp³-hybridized carbons (Fsp3) is 0.400. The summed E-state index contributed by atoms with van der Waals surface area (Å²) in [5, 5.41) is 4.26. The van der Waals surface area contributed by atoms with Crippen LogP contribution < -0.4 is 5.73 Å². The minimum atomic E-state index is -0.0000217. The van der Waals surface area contributed by atoms with Gasteiger partial charge < -0.3 is 5.73 Å². The van der Waals surface area contributed by atoms with E-state index in [9.17, 15) is 0 Å². The van der Waals surface area contributed by atoms with Crippen molar-refractivity contribution >= 4 is 0 Å². The summed E-state index contributed by atoms with van der Waals surface area (Å²) in [6.45, 7) is 4.95. The summed E-state index contributed by atoms with van der Waals surface area (Å²) >= 11 is 0.